The molecule has 4 heteroatoms. The number of rotatable bonds is 8. The Labute approximate surface area is 109 Å². The van der Waals surface area contributed by atoms with Crippen LogP contribution < -0.4 is 0 Å². The van der Waals surface area contributed by atoms with Gasteiger partial charge < -0.3 is 9.68 Å². The van der Waals surface area contributed by atoms with Gasteiger partial charge in [0.15, 0.2) is 0 Å². The van der Waals surface area contributed by atoms with Crippen molar-refractivity contribution in [1.82, 2.24) is 0 Å². The smallest absolute Gasteiger partial charge is 0.423 e. The van der Waals surface area contributed by atoms with Crippen molar-refractivity contribution in [2.75, 3.05) is 6.61 Å². The lowest BCUT2D eigenvalue weighted by Crippen LogP contribution is -2.20. The van der Waals surface area contributed by atoms with Crippen molar-refractivity contribution in [3.63, 3.8) is 0 Å². The summed E-state index contributed by atoms with van der Waals surface area (Å²) in [5, 5.41) is 9.78. The molecule has 0 radical (unpaired) electrons. The van der Waals surface area contributed by atoms with E-state index >= 15 is 0 Å². The van der Waals surface area contributed by atoms with Crippen LogP contribution in [-0.2, 0) is 4.65 Å². The topological polar surface area (TPSA) is 29.5 Å². The van der Waals surface area contributed by atoms with Crippen LogP contribution in [0.25, 0.3) is 5.47 Å². The van der Waals surface area contributed by atoms with E-state index in [1.807, 2.05) is 0 Å². The van der Waals surface area contributed by atoms with Crippen LogP contribution in [-0.4, -0.2) is 18.7 Å². The molecule has 0 saturated heterocycles. The van der Waals surface area contributed by atoms with Crippen LogP contribution in [0, 0.1) is 5.82 Å². The molecule has 1 N–H and O–H groups in total. The van der Waals surface area contributed by atoms with Gasteiger partial charge in [0, 0.05) is 6.61 Å². The van der Waals surface area contributed by atoms with Gasteiger partial charge in [-0.25, -0.2) is 4.39 Å². The highest BCUT2D eigenvalue weighted by Gasteiger charge is 2.18. The summed E-state index contributed by atoms with van der Waals surface area (Å²) in [6, 6.07) is 5.85. The third-order valence-electron chi connectivity index (χ3n) is 2.79. The molecule has 0 amide bonds. The molecule has 0 heterocycles. The monoisotopic (exact) mass is 250 g/mol. The van der Waals surface area contributed by atoms with Crippen molar-refractivity contribution in [1.29, 1.82) is 0 Å². The molecule has 0 spiro atoms. The van der Waals surface area contributed by atoms with Gasteiger partial charge in [-0.3, -0.25) is 0 Å². The SMILES string of the molecule is C=C(B(O)OCCCCCC)c1ccc(F)cc1. The maximum absolute atomic E-state index is 12.7. The minimum Gasteiger partial charge on any atom is -0.423 e. The van der Waals surface area contributed by atoms with Crippen LogP contribution in [0.5, 0.6) is 0 Å². The number of halogens is 1. The number of benzene rings is 1. The number of hydrogen-bond donors (Lipinski definition) is 1. The van der Waals surface area contributed by atoms with E-state index in [1.165, 1.54) is 25.0 Å². The summed E-state index contributed by atoms with van der Waals surface area (Å²) >= 11 is 0. The van der Waals surface area contributed by atoms with Crippen LogP contribution in [0.4, 0.5) is 4.39 Å². The first-order chi connectivity index (χ1) is 8.65. The number of unbranched alkanes of at least 4 members (excludes halogenated alkanes) is 3. The zero-order valence-electron chi connectivity index (χ0n) is 10.9. The molecule has 18 heavy (non-hydrogen) atoms. The molecule has 1 aromatic carbocycles. The second kappa shape index (κ2) is 8.06. The zero-order valence-corrected chi connectivity index (χ0v) is 10.9. The quantitative estimate of drug-likeness (QED) is 0.565. The van der Waals surface area contributed by atoms with E-state index in [1.54, 1.807) is 12.1 Å². The van der Waals surface area contributed by atoms with Gasteiger partial charge in [0.1, 0.15) is 5.82 Å². The molecule has 0 aromatic heterocycles. The highest BCUT2D eigenvalue weighted by Crippen LogP contribution is 2.15. The Morgan fingerprint density at radius 3 is 2.56 bits per heavy atom. The van der Waals surface area contributed by atoms with Crippen molar-refractivity contribution in [3.8, 4) is 0 Å². The average molecular weight is 250 g/mol. The summed E-state index contributed by atoms with van der Waals surface area (Å²) in [4.78, 5) is 0. The van der Waals surface area contributed by atoms with E-state index in [0.717, 1.165) is 12.8 Å². The fraction of sp³-hybridized carbons (Fsp3) is 0.429. The molecule has 0 aliphatic carbocycles. The highest BCUT2D eigenvalue weighted by atomic mass is 19.1. The summed E-state index contributed by atoms with van der Waals surface area (Å²) in [6.07, 6.45) is 4.39. The van der Waals surface area contributed by atoms with Gasteiger partial charge in [-0.1, -0.05) is 44.9 Å². The molecule has 2 nitrogen and oxygen atoms in total. The fourth-order valence-corrected chi connectivity index (χ4v) is 1.63. The van der Waals surface area contributed by atoms with Gasteiger partial charge in [0.2, 0.25) is 0 Å². The van der Waals surface area contributed by atoms with Crippen LogP contribution in [0.2, 0.25) is 0 Å². The molecule has 0 fully saturated rings. The Kier molecular flexibility index (Phi) is 6.69. The molecule has 1 aromatic rings. The Morgan fingerprint density at radius 1 is 1.28 bits per heavy atom. The molecule has 0 atom stereocenters. The predicted octanol–water partition coefficient (Wildman–Crippen LogP) is 3.46. The lowest BCUT2D eigenvalue weighted by atomic mass is 9.75. The molecular formula is C14H20BFO2. The van der Waals surface area contributed by atoms with Crippen molar-refractivity contribution in [2.45, 2.75) is 32.6 Å². The number of hydrogen-bond acceptors (Lipinski definition) is 2. The second-order valence-corrected chi connectivity index (χ2v) is 4.32. The summed E-state index contributed by atoms with van der Waals surface area (Å²) in [5.41, 5.74) is 1.16. The third kappa shape index (κ3) is 5.02. The van der Waals surface area contributed by atoms with E-state index in [2.05, 4.69) is 13.5 Å². The zero-order chi connectivity index (χ0) is 13.4. The summed E-state index contributed by atoms with van der Waals surface area (Å²) in [7, 11) is -1.02. The van der Waals surface area contributed by atoms with Crippen LogP contribution >= 0.6 is 0 Å². The molecular weight excluding hydrogens is 230 g/mol. The van der Waals surface area contributed by atoms with E-state index in [9.17, 15) is 9.41 Å². The minimum absolute atomic E-state index is 0.304. The fourth-order valence-electron chi connectivity index (χ4n) is 1.63. The first-order valence-electron chi connectivity index (χ1n) is 6.39. The van der Waals surface area contributed by atoms with Gasteiger partial charge >= 0.3 is 7.12 Å². The van der Waals surface area contributed by atoms with Crippen LogP contribution in [0.3, 0.4) is 0 Å². The largest absolute Gasteiger partial charge is 0.491 e. The Bertz CT molecular complexity index is 365. The Hall–Kier alpha value is -1.13. The maximum Gasteiger partial charge on any atom is 0.491 e. The summed E-state index contributed by atoms with van der Waals surface area (Å²) in [5.74, 6) is -0.304. The van der Waals surface area contributed by atoms with Crippen molar-refractivity contribution >= 4 is 12.6 Å². The molecule has 98 valence electrons. The van der Waals surface area contributed by atoms with Gasteiger partial charge in [-0.2, -0.15) is 0 Å². The molecule has 0 saturated carbocycles. The first-order valence-corrected chi connectivity index (χ1v) is 6.39. The van der Waals surface area contributed by atoms with Gasteiger partial charge in [0.25, 0.3) is 0 Å². The van der Waals surface area contributed by atoms with Crippen molar-refractivity contribution < 1.29 is 14.1 Å². The highest BCUT2D eigenvalue weighted by molar-refractivity contribution is 6.66. The summed E-state index contributed by atoms with van der Waals surface area (Å²) < 4.78 is 18.0. The van der Waals surface area contributed by atoms with E-state index in [0.29, 0.717) is 17.6 Å². The summed E-state index contributed by atoms with van der Waals surface area (Å²) in [6.45, 7) is 6.43. The third-order valence-corrected chi connectivity index (χ3v) is 2.79. The normalized spacial score (nSPS) is 10.4. The second-order valence-electron chi connectivity index (χ2n) is 4.32. The lowest BCUT2D eigenvalue weighted by molar-refractivity contribution is 0.262. The van der Waals surface area contributed by atoms with Crippen molar-refractivity contribution in [3.05, 3.63) is 42.2 Å². The van der Waals surface area contributed by atoms with E-state index in [-0.39, 0.29) is 5.82 Å². The molecule has 0 unspecified atom stereocenters. The standard InChI is InChI=1S/C14H20BFO2/c1-3-4-5-6-11-18-15(17)12(2)13-7-9-14(16)10-8-13/h7-10,17H,2-6,11H2,1H3. The van der Waals surface area contributed by atoms with Crippen LogP contribution in [0.15, 0.2) is 30.8 Å². The molecule has 0 bridgehead atoms. The Balaban J connectivity index is 2.34. The minimum atomic E-state index is -1.02. The predicted molar refractivity (Wildman–Crippen MR) is 73.5 cm³/mol. The average Bonchev–Trinajstić information content (AvgIpc) is 2.38. The maximum atomic E-state index is 12.7. The van der Waals surface area contributed by atoms with Crippen molar-refractivity contribution in [2.24, 2.45) is 0 Å². The first kappa shape index (κ1) is 14.9. The lowest BCUT2D eigenvalue weighted by Gasteiger charge is -2.11. The molecule has 0 aliphatic heterocycles. The Morgan fingerprint density at radius 2 is 1.94 bits per heavy atom. The molecule has 1 rings (SSSR count). The van der Waals surface area contributed by atoms with Gasteiger partial charge in [-0.15, -0.1) is 0 Å². The van der Waals surface area contributed by atoms with Crippen LogP contribution in [0.1, 0.15) is 38.2 Å². The van der Waals surface area contributed by atoms with Gasteiger partial charge in [-0.05, 0) is 29.6 Å². The van der Waals surface area contributed by atoms with E-state index in [4.69, 9.17) is 4.65 Å². The molecule has 0 aliphatic rings. The van der Waals surface area contributed by atoms with E-state index < -0.39 is 7.12 Å². The van der Waals surface area contributed by atoms with Gasteiger partial charge in [0.05, 0.1) is 0 Å².